The number of methoxy groups -OCH3 is 1. The van der Waals surface area contributed by atoms with Crippen LogP contribution < -0.4 is 0 Å². The number of carbonyl (C=O) groups excluding carboxylic acids is 1. The average molecular weight is 363 g/mol. The summed E-state index contributed by atoms with van der Waals surface area (Å²) in [5.41, 5.74) is 2.27. The molecular weight excluding hydrogens is 330 g/mol. The van der Waals surface area contributed by atoms with E-state index in [-0.39, 0.29) is 29.6 Å². The van der Waals surface area contributed by atoms with Gasteiger partial charge in [-0.05, 0) is 41.9 Å². The number of rotatable bonds is 8. The molecule has 5 nitrogen and oxygen atoms in total. The van der Waals surface area contributed by atoms with Crippen molar-refractivity contribution in [3.05, 3.63) is 28.8 Å². The quantitative estimate of drug-likeness (QED) is 0.761. The van der Waals surface area contributed by atoms with Crippen LogP contribution in [0.4, 0.5) is 0 Å². The molecular formula is C21H33NO4. The van der Waals surface area contributed by atoms with E-state index in [0.29, 0.717) is 25.3 Å². The standard InChI is InChI=1S/C21H33NO4/c1-14(2)16-11-18(15(3)4)20(23)19(12-16)21(24)22(8-10-25-5)13-17-7-6-9-26-17/h11-12,14-15,17,23H,6-10,13H2,1-5H3. The zero-order valence-corrected chi connectivity index (χ0v) is 16.7. The second-order valence-electron chi connectivity index (χ2n) is 7.69. The van der Waals surface area contributed by atoms with E-state index in [2.05, 4.69) is 13.8 Å². The number of hydrogen-bond acceptors (Lipinski definition) is 4. The molecule has 1 N–H and O–H groups in total. The molecule has 0 aliphatic carbocycles. The van der Waals surface area contributed by atoms with Crippen LogP contribution in [0.2, 0.25) is 0 Å². The third kappa shape index (κ3) is 4.98. The number of phenols is 1. The van der Waals surface area contributed by atoms with Gasteiger partial charge in [0, 0.05) is 26.8 Å². The summed E-state index contributed by atoms with van der Waals surface area (Å²) in [7, 11) is 1.63. The van der Waals surface area contributed by atoms with Gasteiger partial charge in [0.1, 0.15) is 5.75 Å². The Bertz CT molecular complexity index is 606. The number of nitrogens with zero attached hydrogens (tertiary/aromatic N) is 1. The van der Waals surface area contributed by atoms with Crippen molar-refractivity contribution in [1.29, 1.82) is 0 Å². The molecule has 146 valence electrons. The van der Waals surface area contributed by atoms with Gasteiger partial charge in [0.25, 0.3) is 5.91 Å². The molecule has 1 fully saturated rings. The zero-order chi connectivity index (χ0) is 19.3. The highest BCUT2D eigenvalue weighted by atomic mass is 16.5. The molecule has 1 heterocycles. The second kappa shape index (κ2) is 9.38. The van der Waals surface area contributed by atoms with Crippen LogP contribution in [0.5, 0.6) is 5.75 Å². The van der Waals surface area contributed by atoms with Crippen molar-refractivity contribution in [1.82, 2.24) is 4.90 Å². The molecule has 1 amide bonds. The Hall–Kier alpha value is -1.59. The van der Waals surface area contributed by atoms with E-state index in [4.69, 9.17) is 9.47 Å². The molecule has 0 radical (unpaired) electrons. The van der Waals surface area contributed by atoms with Crippen LogP contribution in [0.1, 0.15) is 73.9 Å². The predicted octanol–water partition coefficient (Wildman–Crippen LogP) is 3.91. The van der Waals surface area contributed by atoms with E-state index in [0.717, 1.165) is 30.6 Å². The highest BCUT2D eigenvalue weighted by molar-refractivity contribution is 5.97. The van der Waals surface area contributed by atoms with E-state index in [1.165, 1.54) is 0 Å². The van der Waals surface area contributed by atoms with Gasteiger partial charge >= 0.3 is 0 Å². The Morgan fingerprint density at radius 2 is 2.04 bits per heavy atom. The first-order valence-corrected chi connectivity index (χ1v) is 9.61. The lowest BCUT2D eigenvalue weighted by atomic mass is 9.91. The molecule has 2 rings (SSSR count). The Morgan fingerprint density at radius 3 is 2.58 bits per heavy atom. The molecule has 0 spiro atoms. The first-order chi connectivity index (χ1) is 12.3. The fourth-order valence-corrected chi connectivity index (χ4v) is 3.30. The number of benzene rings is 1. The van der Waals surface area contributed by atoms with Gasteiger partial charge < -0.3 is 19.5 Å². The number of carbonyl (C=O) groups is 1. The van der Waals surface area contributed by atoms with Gasteiger partial charge in [-0.25, -0.2) is 0 Å². The summed E-state index contributed by atoms with van der Waals surface area (Å²) in [6, 6.07) is 3.85. The molecule has 1 aromatic rings. The van der Waals surface area contributed by atoms with Crippen molar-refractivity contribution < 1.29 is 19.4 Å². The number of hydrogen-bond donors (Lipinski definition) is 1. The minimum Gasteiger partial charge on any atom is -0.507 e. The van der Waals surface area contributed by atoms with E-state index < -0.39 is 0 Å². The van der Waals surface area contributed by atoms with Crippen molar-refractivity contribution in [2.45, 2.75) is 58.5 Å². The maximum Gasteiger partial charge on any atom is 0.257 e. The second-order valence-corrected chi connectivity index (χ2v) is 7.69. The molecule has 26 heavy (non-hydrogen) atoms. The van der Waals surface area contributed by atoms with E-state index >= 15 is 0 Å². The topological polar surface area (TPSA) is 59.0 Å². The summed E-state index contributed by atoms with van der Waals surface area (Å²) in [6.45, 7) is 10.5. The van der Waals surface area contributed by atoms with Gasteiger partial charge in [0.05, 0.1) is 18.3 Å². The van der Waals surface area contributed by atoms with Gasteiger partial charge in [0.15, 0.2) is 0 Å². The Labute approximate surface area is 157 Å². The van der Waals surface area contributed by atoms with E-state index in [1.807, 2.05) is 26.0 Å². The average Bonchev–Trinajstić information content (AvgIpc) is 3.10. The fourth-order valence-electron chi connectivity index (χ4n) is 3.30. The highest BCUT2D eigenvalue weighted by Crippen LogP contribution is 2.34. The summed E-state index contributed by atoms with van der Waals surface area (Å²) in [6.07, 6.45) is 2.06. The lowest BCUT2D eigenvalue weighted by molar-refractivity contribution is 0.0453. The van der Waals surface area contributed by atoms with Gasteiger partial charge in [-0.2, -0.15) is 0 Å². The van der Waals surface area contributed by atoms with Crippen LogP contribution >= 0.6 is 0 Å². The normalized spacial score (nSPS) is 17.3. The molecule has 1 atom stereocenters. The predicted molar refractivity (Wildman–Crippen MR) is 103 cm³/mol. The van der Waals surface area contributed by atoms with E-state index in [1.54, 1.807) is 12.0 Å². The van der Waals surface area contributed by atoms with Gasteiger partial charge in [-0.3, -0.25) is 4.79 Å². The molecule has 1 saturated heterocycles. The summed E-state index contributed by atoms with van der Waals surface area (Å²) in [5, 5.41) is 10.8. The van der Waals surface area contributed by atoms with Crippen molar-refractivity contribution in [3.8, 4) is 5.75 Å². The summed E-state index contributed by atoms with van der Waals surface area (Å²) in [4.78, 5) is 15.0. The fraction of sp³-hybridized carbons (Fsp3) is 0.667. The third-order valence-electron chi connectivity index (χ3n) is 4.98. The lowest BCUT2D eigenvalue weighted by Crippen LogP contribution is -2.39. The molecule has 1 aliphatic heterocycles. The Kier molecular flexibility index (Phi) is 7.47. The lowest BCUT2D eigenvalue weighted by Gasteiger charge is -2.27. The summed E-state index contributed by atoms with van der Waals surface area (Å²) < 4.78 is 10.9. The van der Waals surface area contributed by atoms with Crippen LogP contribution in [0.15, 0.2) is 12.1 Å². The molecule has 1 unspecified atom stereocenters. The smallest absolute Gasteiger partial charge is 0.257 e. The molecule has 5 heteroatoms. The largest absolute Gasteiger partial charge is 0.507 e. The Morgan fingerprint density at radius 1 is 1.31 bits per heavy atom. The van der Waals surface area contributed by atoms with E-state index in [9.17, 15) is 9.90 Å². The maximum atomic E-state index is 13.3. The van der Waals surface area contributed by atoms with Crippen LogP contribution in [0.3, 0.4) is 0 Å². The van der Waals surface area contributed by atoms with Crippen molar-refractivity contribution in [2.24, 2.45) is 0 Å². The van der Waals surface area contributed by atoms with Crippen molar-refractivity contribution in [2.75, 3.05) is 33.4 Å². The van der Waals surface area contributed by atoms with Crippen molar-refractivity contribution in [3.63, 3.8) is 0 Å². The van der Waals surface area contributed by atoms with Crippen LogP contribution in [0, 0.1) is 0 Å². The van der Waals surface area contributed by atoms with Crippen LogP contribution in [-0.2, 0) is 9.47 Å². The highest BCUT2D eigenvalue weighted by Gasteiger charge is 2.27. The first-order valence-electron chi connectivity index (χ1n) is 9.61. The zero-order valence-electron chi connectivity index (χ0n) is 16.7. The minimum absolute atomic E-state index is 0.0656. The maximum absolute atomic E-state index is 13.3. The summed E-state index contributed by atoms with van der Waals surface area (Å²) >= 11 is 0. The van der Waals surface area contributed by atoms with Crippen molar-refractivity contribution >= 4 is 5.91 Å². The number of amides is 1. The van der Waals surface area contributed by atoms with Gasteiger partial charge in [0.2, 0.25) is 0 Å². The van der Waals surface area contributed by atoms with Crippen LogP contribution in [0.25, 0.3) is 0 Å². The van der Waals surface area contributed by atoms with Gasteiger partial charge in [-0.1, -0.05) is 33.8 Å². The summed E-state index contributed by atoms with van der Waals surface area (Å²) in [5.74, 6) is 0.375. The number of aromatic hydroxyl groups is 1. The third-order valence-corrected chi connectivity index (χ3v) is 4.98. The molecule has 0 bridgehead atoms. The Balaban J connectivity index is 2.35. The first kappa shape index (κ1) is 20.7. The SMILES string of the molecule is COCCN(CC1CCCO1)C(=O)c1cc(C(C)C)cc(C(C)C)c1O. The monoisotopic (exact) mass is 363 g/mol. The minimum atomic E-state index is -0.153. The molecule has 0 saturated carbocycles. The van der Waals surface area contributed by atoms with Crippen LogP contribution in [-0.4, -0.2) is 55.4 Å². The molecule has 0 aromatic heterocycles. The number of ether oxygens (including phenoxy) is 2. The number of phenolic OH excluding ortho intramolecular Hbond substituents is 1. The van der Waals surface area contributed by atoms with Gasteiger partial charge in [-0.15, -0.1) is 0 Å². The molecule has 1 aromatic carbocycles. The molecule has 1 aliphatic rings.